The summed E-state index contributed by atoms with van der Waals surface area (Å²) in [6.45, 7) is 4.30. The SMILES string of the molecule is CCC(=O)N1CC(N2Cc3ccc(Br)cc3N(CCCCCCC(=O)N(C)OC)C2=O)C1. The minimum absolute atomic E-state index is 0.0149. The number of fused-ring (bicyclic) bond motifs is 1. The third-order valence-corrected chi connectivity index (χ3v) is 6.75. The molecule has 0 saturated carbocycles. The van der Waals surface area contributed by atoms with Crippen LogP contribution in [0.15, 0.2) is 22.7 Å². The van der Waals surface area contributed by atoms with E-state index in [1.54, 1.807) is 7.05 Å². The summed E-state index contributed by atoms with van der Waals surface area (Å²) in [5.41, 5.74) is 2.08. The van der Waals surface area contributed by atoms with Crippen LogP contribution in [0.1, 0.15) is 51.0 Å². The van der Waals surface area contributed by atoms with Crippen molar-refractivity contribution in [2.75, 3.05) is 38.7 Å². The summed E-state index contributed by atoms with van der Waals surface area (Å²) >= 11 is 3.53. The zero-order valence-electron chi connectivity index (χ0n) is 19.2. The molecular formula is C23H33BrN4O4. The molecular weight excluding hydrogens is 476 g/mol. The molecule has 0 N–H and O–H groups in total. The van der Waals surface area contributed by atoms with Crippen LogP contribution in [0, 0.1) is 0 Å². The van der Waals surface area contributed by atoms with Crippen LogP contribution in [0.5, 0.6) is 0 Å². The van der Waals surface area contributed by atoms with Crippen molar-refractivity contribution in [2.24, 2.45) is 0 Å². The molecule has 8 nitrogen and oxygen atoms in total. The lowest BCUT2D eigenvalue weighted by Gasteiger charge is -2.48. The van der Waals surface area contributed by atoms with E-state index in [9.17, 15) is 14.4 Å². The summed E-state index contributed by atoms with van der Waals surface area (Å²) in [4.78, 5) is 47.6. The summed E-state index contributed by atoms with van der Waals surface area (Å²) in [5, 5.41) is 1.26. The summed E-state index contributed by atoms with van der Waals surface area (Å²) in [6.07, 6.45) is 4.50. The number of rotatable bonds is 10. The van der Waals surface area contributed by atoms with Crippen LogP contribution in [-0.2, 0) is 21.0 Å². The Morgan fingerprint density at radius 2 is 1.91 bits per heavy atom. The summed E-state index contributed by atoms with van der Waals surface area (Å²) in [7, 11) is 3.10. The van der Waals surface area contributed by atoms with Gasteiger partial charge in [0.25, 0.3) is 0 Å². The highest BCUT2D eigenvalue weighted by molar-refractivity contribution is 9.10. The summed E-state index contributed by atoms with van der Waals surface area (Å²) in [5.74, 6) is 0.117. The molecule has 0 bridgehead atoms. The lowest BCUT2D eigenvalue weighted by Crippen LogP contribution is -2.64. The van der Waals surface area contributed by atoms with Gasteiger partial charge in [0.2, 0.25) is 11.8 Å². The predicted octanol–water partition coefficient (Wildman–Crippen LogP) is 3.78. The van der Waals surface area contributed by atoms with E-state index < -0.39 is 0 Å². The van der Waals surface area contributed by atoms with Crippen LogP contribution in [0.3, 0.4) is 0 Å². The van der Waals surface area contributed by atoms with Gasteiger partial charge in [0.05, 0.1) is 18.8 Å². The van der Waals surface area contributed by atoms with Crippen molar-refractivity contribution in [2.45, 2.75) is 58.0 Å². The number of amides is 4. The average Bonchev–Trinajstić information content (AvgIpc) is 2.76. The largest absolute Gasteiger partial charge is 0.338 e. The quantitative estimate of drug-likeness (QED) is 0.356. The smallest absolute Gasteiger partial charge is 0.325 e. The topological polar surface area (TPSA) is 73.4 Å². The van der Waals surface area contributed by atoms with Crippen LogP contribution < -0.4 is 4.90 Å². The molecule has 2 aliphatic rings. The number of carbonyl (C=O) groups excluding carboxylic acids is 3. The number of hydrogen-bond donors (Lipinski definition) is 0. The van der Waals surface area contributed by atoms with E-state index in [0.29, 0.717) is 39.0 Å². The lowest BCUT2D eigenvalue weighted by molar-refractivity contribution is -0.168. The lowest BCUT2D eigenvalue weighted by atomic mass is 10.0. The van der Waals surface area contributed by atoms with Crippen molar-refractivity contribution in [3.8, 4) is 0 Å². The van der Waals surface area contributed by atoms with Gasteiger partial charge in [-0.15, -0.1) is 0 Å². The molecule has 0 aromatic heterocycles. The maximum Gasteiger partial charge on any atom is 0.325 e. The number of unbranched alkanes of at least 4 members (excludes halogenated alkanes) is 3. The van der Waals surface area contributed by atoms with Crippen LogP contribution in [-0.4, -0.2) is 72.5 Å². The number of hydrogen-bond acceptors (Lipinski definition) is 4. The Kier molecular flexibility index (Phi) is 8.53. The molecule has 32 heavy (non-hydrogen) atoms. The zero-order chi connectivity index (χ0) is 23.3. The first-order chi connectivity index (χ1) is 15.3. The molecule has 2 heterocycles. The Balaban J connectivity index is 1.56. The first kappa shape index (κ1) is 24.5. The normalized spacial score (nSPS) is 16.1. The predicted molar refractivity (Wildman–Crippen MR) is 126 cm³/mol. The Hall–Kier alpha value is -2.13. The monoisotopic (exact) mass is 508 g/mol. The number of anilines is 1. The minimum Gasteiger partial charge on any atom is -0.338 e. The molecule has 176 valence electrons. The molecule has 0 aliphatic carbocycles. The third-order valence-electron chi connectivity index (χ3n) is 6.26. The molecule has 1 saturated heterocycles. The number of benzene rings is 1. The van der Waals surface area contributed by atoms with Gasteiger partial charge in [0, 0.05) is 50.5 Å². The van der Waals surface area contributed by atoms with Crippen LogP contribution in [0.2, 0.25) is 0 Å². The fourth-order valence-electron chi connectivity index (χ4n) is 4.17. The maximum atomic E-state index is 13.4. The highest BCUT2D eigenvalue weighted by Crippen LogP contribution is 2.34. The third kappa shape index (κ3) is 5.61. The number of urea groups is 1. The highest BCUT2D eigenvalue weighted by atomic mass is 79.9. The van der Waals surface area contributed by atoms with Gasteiger partial charge in [-0.2, -0.15) is 0 Å². The van der Waals surface area contributed by atoms with Gasteiger partial charge in [0.15, 0.2) is 0 Å². The fraction of sp³-hybridized carbons (Fsp3) is 0.609. The Morgan fingerprint density at radius 3 is 2.59 bits per heavy atom. The number of carbonyl (C=O) groups is 3. The van der Waals surface area contributed by atoms with Gasteiger partial charge in [0.1, 0.15) is 0 Å². The summed E-state index contributed by atoms with van der Waals surface area (Å²) in [6, 6.07) is 6.17. The van der Waals surface area contributed by atoms with E-state index in [-0.39, 0.29) is 23.9 Å². The van der Waals surface area contributed by atoms with Crippen molar-refractivity contribution in [3.05, 3.63) is 28.2 Å². The van der Waals surface area contributed by atoms with E-state index in [0.717, 1.165) is 41.4 Å². The van der Waals surface area contributed by atoms with Crippen molar-refractivity contribution in [3.63, 3.8) is 0 Å². The summed E-state index contributed by atoms with van der Waals surface area (Å²) < 4.78 is 0.951. The second-order valence-electron chi connectivity index (χ2n) is 8.38. The first-order valence-electron chi connectivity index (χ1n) is 11.3. The van der Waals surface area contributed by atoms with Gasteiger partial charge in [-0.25, -0.2) is 9.86 Å². The first-order valence-corrected chi connectivity index (χ1v) is 12.1. The van der Waals surface area contributed by atoms with Gasteiger partial charge in [-0.05, 0) is 30.5 Å². The van der Waals surface area contributed by atoms with Crippen LogP contribution >= 0.6 is 15.9 Å². The highest BCUT2D eigenvalue weighted by Gasteiger charge is 2.41. The standard InChI is InChI=1S/C23H33BrN4O4/c1-4-21(29)26-15-19(16-26)28-14-17-10-11-18(24)13-20(17)27(23(28)31)12-8-6-5-7-9-22(30)25(2)32-3/h10-11,13,19H,4-9,12,14-16H2,1-3H3. The van der Waals surface area contributed by atoms with Gasteiger partial charge in [-0.3, -0.25) is 19.3 Å². The molecule has 0 spiro atoms. The van der Waals surface area contributed by atoms with Gasteiger partial charge >= 0.3 is 6.03 Å². The molecule has 0 unspecified atom stereocenters. The molecule has 9 heteroatoms. The molecule has 0 radical (unpaired) electrons. The van der Waals surface area contributed by atoms with E-state index in [1.807, 2.05) is 33.8 Å². The molecule has 4 amide bonds. The van der Waals surface area contributed by atoms with E-state index in [4.69, 9.17) is 4.84 Å². The second-order valence-corrected chi connectivity index (χ2v) is 9.29. The molecule has 3 rings (SSSR count). The van der Waals surface area contributed by atoms with E-state index >= 15 is 0 Å². The van der Waals surface area contributed by atoms with Crippen molar-refractivity contribution >= 4 is 39.5 Å². The number of likely N-dealkylation sites (tertiary alicyclic amines) is 1. The van der Waals surface area contributed by atoms with E-state index in [2.05, 4.69) is 22.0 Å². The van der Waals surface area contributed by atoms with Gasteiger partial charge < -0.3 is 9.80 Å². The minimum atomic E-state index is -0.0239. The van der Waals surface area contributed by atoms with Gasteiger partial charge in [-0.1, -0.05) is 41.8 Å². The molecule has 0 atom stereocenters. The Morgan fingerprint density at radius 1 is 1.19 bits per heavy atom. The molecule has 2 aliphatic heterocycles. The van der Waals surface area contributed by atoms with Crippen LogP contribution in [0.25, 0.3) is 0 Å². The number of hydroxylamine groups is 2. The molecule has 1 fully saturated rings. The molecule has 1 aromatic rings. The average molecular weight is 509 g/mol. The fourth-order valence-corrected chi connectivity index (χ4v) is 4.52. The van der Waals surface area contributed by atoms with Crippen LogP contribution in [0.4, 0.5) is 10.5 Å². The Labute approximate surface area is 198 Å². The molecule has 1 aromatic carbocycles. The zero-order valence-corrected chi connectivity index (χ0v) is 20.8. The number of halogens is 1. The van der Waals surface area contributed by atoms with Crippen molar-refractivity contribution < 1.29 is 19.2 Å². The maximum absolute atomic E-state index is 13.4. The second kappa shape index (κ2) is 11.1. The van der Waals surface area contributed by atoms with Crippen molar-refractivity contribution in [1.29, 1.82) is 0 Å². The van der Waals surface area contributed by atoms with E-state index in [1.165, 1.54) is 12.2 Å². The number of nitrogens with zero attached hydrogens (tertiary/aromatic N) is 4. The Bertz CT molecular complexity index is 843. The van der Waals surface area contributed by atoms with Crippen molar-refractivity contribution in [1.82, 2.24) is 14.9 Å².